The first-order chi connectivity index (χ1) is 9.76. The van der Waals surface area contributed by atoms with Gasteiger partial charge in [0, 0.05) is 24.6 Å². The van der Waals surface area contributed by atoms with Crippen LogP contribution in [-0.2, 0) is 0 Å². The Morgan fingerprint density at radius 1 is 1.15 bits per heavy atom. The van der Waals surface area contributed by atoms with Crippen molar-refractivity contribution in [2.45, 2.75) is 64.3 Å². The van der Waals surface area contributed by atoms with Gasteiger partial charge in [-0.05, 0) is 45.4 Å². The van der Waals surface area contributed by atoms with Crippen molar-refractivity contribution in [1.29, 1.82) is 0 Å². The zero-order chi connectivity index (χ0) is 13.9. The largest absolute Gasteiger partial charge is 0.370 e. The molecule has 1 aromatic rings. The van der Waals surface area contributed by atoms with E-state index >= 15 is 0 Å². The van der Waals surface area contributed by atoms with E-state index in [1.54, 1.807) is 0 Å². The molecule has 0 saturated heterocycles. The summed E-state index contributed by atoms with van der Waals surface area (Å²) in [6.07, 6.45) is 7.97. The molecule has 2 aliphatic carbocycles. The third-order valence-electron chi connectivity index (χ3n) is 4.53. The second-order valence-electron chi connectivity index (χ2n) is 6.28. The van der Waals surface area contributed by atoms with Crippen molar-refractivity contribution in [2.75, 3.05) is 17.2 Å². The van der Waals surface area contributed by atoms with Crippen molar-refractivity contribution < 1.29 is 0 Å². The summed E-state index contributed by atoms with van der Waals surface area (Å²) in [5.74, 6) is 4.38. The molecule has 2 N–H and O–H groups in total. The number of hydrogen-bond acceptors (Lipinski definition) is 4. The van der Waals surface area contributed by atoms with Gasteiger partial charge in [-0.25, -0.2) is 9.97 Å². The standard InChI is InChI=1S/C16H26N4/c1-3-17-14-10-15(20-16(19-14)13-8-9-13)18-11(2)12-6-4-5-7-12/h10-13H,3-9H2,1-2H3,(H2,17,18,19,20). The van der Waals surface area contributed by atoms with Crippen LogP contribution in [0.25, 0.3) is 0 Å². The summed E-state index contributed by atoms with van der Waals surface area (Å²) in [6.45, 7) is 5.30. The van der Waals surface area contributed by atoms with Crippen LogP contribution >= 0.6 is 0 Å². The van der Waals surface area contributed by atoms with Crippen LogP contribution < -0.4 is 10.6 Å². The molecule has 0 bridgehead atoms. The molecule has 110 valence electrons. The molecule has 2 fully saturated rings. The van der Waals surface area contributed by atoms with E-state index in [-0.39, 0.29) is 0 Å². The Labute approximate surface area is 121 Å². The van der Waals surface area contributed by atoms with Crippen molar-refractivity contribution in [1.82, 2.24) is 9.97 Å². The summed E-state index contributed by atoms with van der Waals surface area (Å²) < 4.78 is 0. The minimum Gasteiger partial charge on any atom is -0.370 e. The van der Waals surface area contributed by atoms with Gasteiger partial charge in [0.05, 0.1) is 0 Å². The van der Waals surface area contributed by atoms with Gasteiger partial charge in [-0.2, -0.15) is 0 Å². The first kappa shape index (κ1) is 13.7. The highest BCUT2D eigenvalue weighted by atomic mass is 15.1. The molecule has 1 heterocycles. The van der Waals surface area contributed by atoms with E-state index in [1.807, 2.05) is 0 Å². The molecule has 0 radical (unpaired) electrons. The topological polar surface area (TPSA) is 49.8 Å². The summed E-state index contributed by atoms with van der Waals surface area (Å²) >= 11 is 0. The maximum atomic E-state index is 4.73. The van der Waals surface area contributed by atoms with Crippen LogP contribution in [0, 0.1) is 5.92 Å². The van der Waals surface area contributed by atoms with Gasteiger partial charge in [-0.1, -0.05) is 12.8 Å². The molecule has 0 amide bonds. The zero-order valence-electron chi connectivity index (χ0n) is 12.7. The lowest BCUT2D eigenvalue weighted by molar-refractivity contribution is 0.481. The molecule has 3 rings (SSSR count). The molecule has 0 aliphatic heterocycles. The number of anilines is 2. The first-order valence-corrected chi connectivity index (χ1v) is 8.15. The van der Waals surface area contributed by atoms with Gasteiger partial charge >= 0.3 is 0 Å². The zero-order valence-corrected chi connectivity index (χ0v) is 12.7. The number of nitrogens with one attached hydrogen (secondary N) is 2. The minimum absolute atomic E-state index is 0.508. The van der Waals surface area contributed by atoms with E-state index in [2.05, 4.69) is 35.5 Å². The molecule has 1 aromatic heterocycles. The van der Waals surface area contributed by atoms with Gasteiger partial charge < -0.3 is 10.6 Å². The molecule has 4 heteroatoms. The third kappa shape index (κ3) is 3.22. The van der Waals surface area contributed by atoms with Crippen LogP contribution in [0.3, 0.4) is 0 Å². The normalized spacial score (nSPS) is 20.9. The van der Waals surface area contributed by atoms with Gasteiger partial charge in [0.1, 0.15) is 17.5 Å². The lowest BCUT2D eigenvalue weighted by Crippen LogP contribution is -2.24. The lowest BCUT2D eigenvalue weighted by Gasteiger charge is -2.21. The highest BCUT2D eigenvalue weighted by Crippen LogP contribution is 2.39. The van der Waals surface area contributed by atoms with Gasteiger partial charge in [0.15, 0.2) is 0 Å². The highest BCUT2D eigenvalue weighted by molar-refractivity contribution is 5.48. The van der Waals surface area contributed by atoms with Crippen LogP contribution in [0.15, 0.2) is 6.07 Å². The second-order valence-corrected chi connectivity index (χ2v) is 6.28. The van der Waals surface area contributed by atoms with Crippen molar-refractivity contribution in [3.63, 3.8) is 0 Å². The van der Waals surface area contributed by atoms with Gasteiger partial charge in [-0.15, -0.1) is 0 Å². The van der Waals surface area contributed by atoms with E-state index in [9.17, 15) is 0 Å². The highest BCUT2D eigenvalue weighted by Gasteiger charge is 2.28. The van der Waals surface area contributed by atoms with Crippen LogP contribution in [-0.4, -0.2) is 22.6 Å². The lowest BCUT2D eigenvalue weighted by atomic mass is 10.00. The van der Waals surface area contributed by atoms with Gasteiger partial charge in [-0.3, -0.25) is 0 Å². The van der Waals surface area contributed by atoms with Crippen molar-refractivity contribution in [2.24, 2.45) is 5.92 Å². The number of aromatic nitrogens is 2. The van der Waals surface area contributed by atoms with Crippen molar-refractivity contribution in [3.05, 3.63) is 11.9 Å². The Balaban J connectivity index is 1.73. The van der Waals surface area contributed by atoms with E-state index < -0.39 is 0 Å². The Kier molecular flexibility index (Phi) is 4.08. The molecule has 20 heavy (non-hydrogen) atoms. The Morgan fingerprint density at radius 3 is 2.50 bits per heavy atom. The van der Waals surface area contributed by atoms with Crippen LogP contribution in [0.4, 0.5) is 11.6 Å². The molecular formula is C16H26N4. The first-order valence-electron chi connectivity index (χ1n) is 8.15. The predicted octanol–water partition coefficient (Wildman–Crippen LogP) is 3.78. The average Bonchev–Trinajstić information content (AvgIpc) is 3.13. The van der Waals surface area contributed by atoms with E-state index in [4.69, 9.17) is 4.98 Å². The summed E-state index contributed by atoms with van der Waals surface area (Å²) in [6, 6.07) is 2.56. The number of rotatable bonds is 6. The SMILES string of the molecule is CCNc1cc(NC(C)C2CCCC2)nc(C2CC2)n1. The Morgan fingerprint density at radius 2 is 1.85 bits per heavy atom. The molecule has 1 unspecified atom stereocenters. The van der Waals surface area contributed by atoms with Crippen LogP contribution in [0.5, 0.6) is 0 Å². The Bertz CT molecular complexity index is 450. The summed E-state index contributed by atoms with van der Waals surface area (Å²) in [7, 11) is 0. The maximum absolute atomic E-state index is 4.73. The summed E-state index contributed by atoms with van der Waals surface area (Å²) in [5, 5.41) is 6.94. The quantitative estimate of drug-likeness (QED) is 0.829. The molecule has 4 nitrogen and oxygen atoms in total. The fourth-order valence-corrected chi connectivity index (χ4v) is 3.14. The average molecular weight is 274 g/mol. The van der Waals surface area contributed by atoms with Crippen LogP contribution in [0.2, 0.25) is 0 Å². The van der Waals surface area contributed by atoms with Crippen LogP contribution in [0.1, 0.15) is 64.1 Å². The minimum atomic E-state index is 0.508. The maximum Gasteiger partial charge on any atom is 0.136 e. The monoisotopic (exact) mass is 274 g/mol. The molecular weight excluding hydrogens is 248 g/mol. The molecule has 0 aromatic carbocycles. The summed E-state index contributed by atoms with van der Waals surface area (Å²) in [4.78, 5) is 9.35. The molecule has 2 saturated carbocycles. The van der Waals surface area contributed by atoms with E-state index in [0.29, 0.717) is 12.0 Å². The van der Waals surface area contributed by atoms with Gasteiger partial charge in [0.25, 0.3) is 0 Å². The molecule has 2 aliphatic rings. The summed E-state index contributed by atoms with van der Waals surface area (Å²) in [5.41, 5.74) is 0. The van der Waals surface area contributed by atoms with E-state index in [0.717, 1.165) is 29.9 Å². The fourth-order valence-electron chi connectivity index (χ4n) is 3.14. The third-order valence-corrected chi connectivity index (χ3v) is 4.53. The number of hydrogen-bond donors (Lipinski definition) is 2. The van der Waals surface area contributed by atoms with Crippen molar-refractivity contribution >= 4 is 11.6 Å². The number of nitrogens with zero attached hydrogens (tertiary/aromatic N) is 2. The predicted molar refractivity (Wildman–Crippen MR) is 83.2 cm³/mol. The van der Waals surface area contributed by atoms with Crippen molar-refractivity contribution in [3.8, 4) is 0 Å². The molecule has 0 spiro atoms. The van der Waals surface area contributed by atoms with E-state index in [1.165, 1.54) is 38.5 Å². The fraction of sp³-hybridized carbons (Fsp3) is 0.750. The molecule has 1 atom stereocenters. The van der Waals surface area contributed by atoms with Gasteiger partial charge in [0.2, 0.25) is 0 Å². The smallest absolute Gasteiger partial charge is 0.136 e. The second kappa shape index (κ2) is 5.98. The Hall–Kier alpha value is -1.32.